The molecule has 0 amide bonds. The van der Waals surface area contributed by atoms with Crippen molar-refractivity contribution in [1.29, 1.82) is 0 Å². The van der Waals surface area contributed by atoms with Crippen molar-refractivity contribution in [2.24, 2.45) is 0 Å². The first-order chi connectivity index (χ1) is 6.15. The summed E-state index contributed by atoms with van der Waals surface area (Å²) in [6.07, 6.45) is 1.57. The summed E-state index contributed by atoms with van der Waals surface area (Å²) in [5.41, 5.74) is 0.902. The third kappa shape index (κ3) is 2.32. The number of furan rings is 1. The Hall–Kier alpha value is -1.29. The quantitative estimate of drug-likeness (QED) is 0.698. The first kappa shape index (κ1) is 9.80. The summed E-state index contributed by atoms with van der Waals surface area (Å²) in [6.45, 7) is 0.306. The number of Topliss-reactive ketones (excluding diaryl/α,β-unsaturated/α-hetero) is 1. The van der Waals surface area contributed by atoms with Crippen LogP contribution in [0.2, 0.25) is 0 Å². The fourth-order valence-corrected chi connectivity index (χ4v) is 0.955. The van der Waals surface area contributed by atoms with Crippen LogP contribution in [0, 0.1) is 0 Å². The third-order valence-electron chi connectivity index (χ3n) is 1.71. The Morgan fingerprint density at radius 3 is 2.77 bits per heavy atom. The predicted molar refractivity (Wildman–Crippen MR) is 51.3 cm³/mol. The van der Waals surface area contributed by atoms with E-state index >= 15 is 0 Å². The highest BCUT2D eigenvalue weighted by Crippen LogP contribution is 2.15. The lowest BCUT2D eigenvalue weighted by molar-refractivity contribution is 0.0967. The second-order valence-electron chi connectivity index (χ2n) is 3.02. The SMILES string of the molecule is CNCC(=O)c1cc(N(C)C)co1. The molecule has 1 rings (SSSR count). The highest BCUT2D eigenvalue weighted by atomic mass is 16.3. The fraction of sp³-hybridized carbons (Fsp3) is 0.444. The molecule has 0 aromatic carbocycles. The Morgan fingerprint density at radius 1 is 1.62 bits per heavy atom. The van der Waals surface area contributed by atoms with E-state index in [-0.39, 0.29) is 5.78 Å². The number of ketones is 1. The smallest absolute Gasteiger partial charge is 0.211 e. The second kappa shape index (κ2) is 4.09. The molecule has 1 N–H and O–H groups in total. The lowest BCUT2D eigenvalue weighted by Gasteiger charge is -2.06. The number of hydrogen-bond donors (Lipinski definition) is 1. The summed E-state index contributed by atoms with van der Waals surface area (Å²) < 4.78 is 5.11. The number of carbonyl (C=O) groups is 1. The van der Waals surface area contributed by atoms with Gasteiger partial charge in [0, 0.05) is 20.2 Å². The lowest BCUT2D eigenvalue weighted by atomic mass is 10.3. The van der Waals surface area contributed by atoms with Crippen LogP contribution < -0.4 is 10.2 Å². The van der Waals surface area contributed by atoms with Gasteiger partial charge in [-0.25, -0.2) is 0 Å². The van der Waals surface area contributed by atoms with Crippen molar-refractivity contribution in [1.82, 2.24) is 5.32 Å². The van der Waals surface area contributed by atoms with E-state index in [9.17, 15) is 4.79 Å². The molecular formula is C9H14N2O2. The van der Waals surface area contributed by atoms with Gasteiger partial charge < -0.3 is 14.6 Å². The number of anilines is 1. The number of carbonyl (C=O) groups excluding carboxylic acids is 1. The van der Waals surface area contributed by atoms with E-state index in [2.05, 4.69) is 5.32 Å². The highest BCUT2D eigenvalue weighted by Gasteiger charge is 2.10. The number of nitrogens with one attached hydrogen (secondary N) is 1. The predicted octanol–water partition coefficient (Wildman–Crippen LogP) is 0.748. The summed E-state index contributed by atoms with van der Waals surface area (Å²) in [7, 11) is 5.53. The van der Waals surface area contributed by atoms with Crippen molar-refractivity contribution in [2.45, 2.75) is 0 Å². The van der Waals surface area contributed by atoms with E-state index in [1.54, 1.807) is 19.4 Å². The standard InChI is InChI=1S/C9H14N2O2/c1-10-5-8(12)9-4-7(6-13-9)11(2)3/h4,6,10H,5H2,1-3H3. The summed E-state index contributed by atoms with van der Waals surface area (Å²) in [5.74, 6) is 0.369. The van der Waals surface area contributed by atoms with Crippen molar-refractivity contribution in [3.05, 3.63) is 18.1 Å². The molecule has 0 aliphatic carbocycles. The molecule has 72 valence electrons. The zero-order chi connectivity index (χ0) is 9.84. The van der Waals surface area contributed by atoms with Crippen molar-refractivity contribution < 1.29 is 9.21 Å². The Bertz CT molecular complexity index is 292. The van der Waals surface area contributed by atoms with Crippen molar-refractivity contribution in [3.8, 4) is 0 Å². The van der Waals surface area contributed by atoms with Crippen LogP contribution in [0.4, 0.5) is 5.69 Å². The van der Waals surface area contributed by atoms with Crippen LogP contribution in [-0.4, -0.2) is 33.5 Å². The van der Waals surface area contributed by atoms with Crippen LogP contribution in [-0.2, 0) is 0 Å². The molecule has 0 saturated heterocycles. The van der Waals surface area contributed by atoms with Gasteiger partial charge in [0.1, 0.15) is 6.26 Å². The summed E-state index contributed by atoms with van der Waals surface area (Å²) in [4.78, 5) is 13.2. The van der Waals surface area contributed by atoms with Crippen LogP contribution in [0.15, 0.2) is 16.7 Å². The minimum atomic E-state index is -0.0319. The number of nitrogens with zero attached hydrogens (tertiary/aromatic N) is 1. The maximum absolute atomic E-state index is 11.3. The van der Waals surface area contributed by atoms with Gasteiger partial charge in [0.2, 0.25) is 5.78 Å². The largest absolute Gasteiger partial charge is 0.459 e. The molecule has 1 heterocycles. The Balaban J connectivity index is 2.73. The summed E-state index contributed by atoms with van der Waals surface area (Å²) in [6, 6.07) is 1.74. The zero-order valence-corrected chi connectivity index (χ0v) is 8.13. The fourth-order valence-electron chi connectivity index (χ4n) is 0.955. The number of rotatable bonds is 4. The van der Waals surface area contributed by atoms with Gasteiger partial charge in [-0.2, -0.15) is 0 Å². The van der Waals surface area contributed by atoms with Gasteiger partial charge in [0.15, 0.2) is 5.76 Å². The molecule has 0 aliphatic rings. The maximum Gasteiger partial charge on any atom is 0.211 e. The third-order valence-corrected chi connectivity index (χ3v) is 1.71. The van der Waals surface area contributed by atoms with Crippen molar-refractivity contribution >= 4 is 11.5 Å². The van der Waals surface area contributed by atoms with Gasteiger partial charge in [-0.15, -0.1) is 0 Å². The van der Waals surface area contributed by atoms with Gasteiger partial charge in [-0.1, -0.05) is 0 Å². The lowest BCUT2D eigenvalue weighted by Crippen LogP contribution is -2.18. The molecule has 0 bridgehead atoms. The van der Waals surface area contributed by atoms with Crippen LogP contribution in [0.1, 0.15) is 10.6 Å². The van der Waals surface area contributed by atoms with Gasteiger partial charge >= 0.3 is 0 Å². The minimum Gasteiger partial charge on any atom is -0.459 e. The Morgan fingerprint density at radius 2 is 2.31 bits per heavy atom. The number of hydrogen-bond acceptors (Lipinski definition) is 4. The van der Waals surface area contributed by atoms with Gasteiger partial charge in [0.25, 0.3) is 0 Å². The number of likely N-dealkylation sites (N-methyl/N-ethyl adjacent to an activating group) is 1. The molecular weight excluding hydrogens is 168 g/mol. The van der Waals surface area contributed by atoms with Gasteiger partial charge in [-0.3, -0.25) is 4.79 Å². The first-order valence-corrected chi connectivity index (χ1v) is 4.09. The van der Waals surface area contributed by atoms with Crippen molar-refractivity contribution in [3.63, 3.8) is 0 Å². The molecule has 13 heavy (non-hydrogen) atoms. The molecule has 0 unspecified atom stereocenters. The van der Waals surface area contributed by atoms with Crippen LogP contribution in [0.25, 0.3) is 0 Å². The molecule has 1 aromatic rings. The average molecular weight is 182 g/mol. The summed E-state index contributed by atoms with van der Waals surface area (Å²) >= 11 is 0. The van der Waals surface area contributed by atoms with Crippen LogP contribution in [0.3, 0.4) is 0 Å². The van der Waals surface area contributed by atoms with Gasteiger partial charge in [0.05, 0.1) is 12.2 Å². The van der Waals surface area contributed by atoms with Crippen LogP contribution >= 0.6 is 0 Å². The van der Waals surface area contributed by atoms with E-state index in [0.29, 0.717) is 12.3 Å². The topological polar surface area (TPSA) is 45.5 Å². The van der Waals surface area contributed by atoms with Gasteiger partial charge in [-0.05, 0) is 7.05 Å². The molecule has 0 atom stereocenters. The van der Waals surface area contributed by atoms with E-state index in [1.165, 1.54) is 0 Å². The minimum absolute atomic E-state index is 0.0319. The molecule has 4 heteroatoms. The molecule has 0 saturated carbocycles. The second-order valence-corrected chi connectivity index (χ2v) is 3.02. The molecule has 0 spiro atoms. The molecule has 1 aromatic heterocycles. The maximum atomic E-state index is 11.3. The van der Waals surface area contributed by atoms with Crippen molar-refractivity contribution in [2.75, 3.05) is 32.6 Å². The zero-order valence-electron chi connectivity index (χ0n) is 8.13. The van der Waals surface area contributed by atoms with E-state index in [1.807, 2.05) is 19.0 Å². The van der Waals surface area contributed by atoms with E-state index < -0.39 is 0 Å². The normalized spacial score (nSPS) is 10.1. The Labute approximate surface area is 77.5 Å². The molecule has 0 aliphatic heterocycles. The van der Waals surface area contributed by atoms with E-state index in [4.69, 9.17) is 4.42 Å². The average Bonchev–Trinajstić information content (AvgIpc) is 2.52. The molecule has 0 fully saturated rings. The Kier molecular flexibility index (Phi) is 3.08. The van der Waals surface area contributed by atoms with Crippen LogP contribution in [0.5, 0.6) is 0 Å². The highest BCUT2D eigenvalue weighted by molar-refractivity contribution is 5.95. The summed E-state index contributed by atoms with van der Waals surface area (Å²) in [5, 5.41) is 2.78. The first-order valence-electron chi connectivity index (χ1n) is 4.09. The van der Waals surface area contributed by atoms with E-state index in [0.717, 1.165) is 5.69 Å². The monoisotopic (exact) mass is 182 g/mol. The molecule has 0 radical (unpaired) electrons. The molecule has 4 nitrogen and oxygen atoms in total.